The van der Waals surface area contributed by atoms with Gasteiger partial charge in [-0.3, -0.25) is 4.79 Å². The molecule has 1 aliphatic heterocycles. The summed E-state index contributed by atoms with van der Waals surface area (Å²) < 4.78 is 1.95. The zero-order valence-corrected chi connectivity index (χ0v) is 14.5. The lowest BCUT2D eigenvalue weighted by Gasteiger charge is -2.33. The van der Waals surface area contributed by atoms with E-state index in [2.05, 4.69) is 34.8 Å². The molecular weight excluding hydrogens is 290 g/mol. The Morgan fingerprint density at radius 3 is 2.65 bits per heavy atom. The van der Waals surface area contributed by atoms with Crippen LogP contribution in [0.15, 0.2) is 0 Å². The van der Waals surface area contributed by atoms with Gasteiger partial charge in [0, 0.05) is 6.04 Å². The van der Waals surface area contributed by atoms with Gasteiger partial charge < -0.3 is 10.6 Å². The molecule has 1 aromatic rings. The molecular formula is C17H29N5O. The maximum absolute atomic E-state index is 12.6. The van der Waals surface area contributed by atoms with E-state index in [9.17, 15) is 4.79 Å². The predicted molar refractivity (Wildman–Crippen MR) is 89.3 cm³/mol. The van der Waals surface area contributed by atoms with Crippen molar-refractivity contribution in [1.82, 2.24) is 25.6 Å². The molecule has 2 heterocycles. The maximum atomic E-state index is 12.6. The molecule has 1 amide bonds. The van der Waals surface area contributed by atoms with Gasteiger partial charge in [0.25, 0.3) is 5.91 Å². The summed E-state index contributed by atoms with van der Waals surface area (Å²) in [7, 11) is 0. The zero-order chi connectivity index (χ0) is 16.4. The van der Waals surface area contributed by atoms with Crippen molar-refractivity contribution in [3.05, 3.63) is 11.4 Å². The number of carbonyl (C=O) groups excluding carboxylic acids is 1. The van der Waals surface area contributed by atoms with Gasteiger partial charge in [-0.15, -0.1) is 5.10 Å². The van der Waals surface area contributed by atoms with Gasteiger partial charge in [0.1, 0.15) is 0 Å². The van der Waals surface area contributed by atoms with Crippen molar-refractivity contribution in [3.63, 3.8) is 0 Å². The van der Waals surface area contributed by atoms with E-state index < -0.39 is 0 Å². The second-order valence-electron chi connectivity index (χ2n) is 7.42. The molecule has 6 nitrogen and oxygen atoms in total. The van der Waals surface area contributed by atoms with Gasteiger partial charge in [0.2, 0.25) is 0 Å². The van der Waals surface area contributed by atoms with E-state index in [1.54, 1.807) is 0 Å². The summed E-state index contributed by atoms with van der Waals surface area (Å²) in [6.07, 6.45) is 5.53. The highest BCUT2D eigenvalue weighted by atomic mass is 16.2. The largest absolute Gasteiger partial charge is 0.348 e. The lowest BCUT2D eigenvalue weighted by molar-refractivity contribution is 0.0893. The summed E-state index contributed by atoms with van der Waals surface area (Å²) >= 11 is 0. The minimum absolute atomic E-state index is 0.0610. The van der Waals surface area contributed by atoms with Crippen LogP contribution < -0.4 is 10.6 Å². The number of piperidine rings is 1. The van der Waals surface area contributed by atoms with Crippen LogP contribution in [-0.2, 0) is 0 Å². The zero-order valence-electron chi connectivity index (χ0n) is 14.5. The van der Waals surface area contributed by atoms with Gasteiger partial charge in [-0.1, -0.05) is 19.1 Å². The highest BCUT2D eigenvalue weighted by molar-refractivity contribution is 5.93. The van der Waals surface area contributed by atoms with Crippen molar-refractivity contribution in [3.8, 4) is 0 Å². The number of carbonyl (C=O) groups is 1. The van der Waals surface area contributed by atoms with Crippen LogP contribution in [0.5, 0.6) is 0 Å². The minimum atomic E-state index is -0.0610. The number of rotatable bonds is 3. The van der Waals surface area contributed by atoms with Crippen LogP contribution in [0.1, 0.15) is 68.2 Å². The molecule has 1 saturated heterocycles. The smallest absolute Gasteiger partial charge is 0.273 e. The molecule has 0 radical (unpaired) electrons. The van der Waals surface area contributed by atoms with E-state index in [0.29, 0.717) is 17.7 Å². The Kier molecular flexibility index (Phi) is 4.99. The monoisotopic (exact) mass is 319 g/mol. The highest BCUT2D eigenvalue weighted by Gasteiger charge is 2.29. The minimum Gasteiger partial charge on any atom is -0.348 e. The van der Waals surface area contributed by atoms with Crippen molar-refractivity contribution in [2.75, 3.05) is 13.1 Å². The summed E-state index contributed by atoms with van der Waals surface area (Å²) in [6, 6.07) is 0.627. The Labute approximate surface area is 138 Å². The molecule has 128 valence electrons. The molecule has 2 N–H and O–H groups in total. The van der Waals surface area contributed by atoms with Crippen LogP contribution >= 0.6 is 0 Å². The summed E-state index contributed by atoms with van der Waals surface area (Å²) in [4.78, 5) is 12.6. The predicted octanol–water partition coefficient (Wildman–Crippen LogP) is 2.07. The van der Waals surface area contributed by atoms with Gasteiger partial charge in [0.05, 0.1) is 11.7 Å². The van der Waals surface area contributed by atoms with E-state index >= 15 is 0 Å². The standard InChI is InChI=1S/C17H29N5O/c1-11-4-5-15(12(2)10-11)19-17(23)16-13(3)22(21-20-16)14-6-8-18-9-7-14/h11-12,14-15,18H,4-10H2,1-3H3,(H,19,23). The van der Waals surface area contributed by atoms with Gasteiger partial charge in [-0.05, 0) is 64.0 Å². The Hall–Kier alpha value is -1.43. The molecule has 1 saturated carbocycles. The fourth-order valence-corrected chi connectivity index (χ4v) is 4.07. The Morgan fingerprint density at radius 2 is 1.96 bits per heavy atom. The van der Waals surface area contributed by atoms with E-state index in [-0.39, 0.29) is 11.9 Å². The molecule has 6 heteroatoms. The topological polar surface area (TPSA) is 71.8 Å². The van der Waals surface area contributed by atoms with Crippen LogP contribution in [0.3, 0.4) is 0 Å². The van der Waals surface area contributed by atoms with Crippen molar-refractivity contribution < 1.29 is 4.79 Å². The molecule has 3 rings (SSSR count). The van der Waals surface area contributed by atoms with Gasteiger partial charge in [-0.2, -0.15) is 0 Å². The van der Waals surface area contributed by atoms with Gasteiger partial charge >= 0.3 is 0 Å². The summed E-state index contributed by atoms with van der Waals surface area (Å²) in [5.74, 6) is 1.23. The fraction of sp³-hybridized carbons (Fsp3) is 0.824. The first-order valence-corrected chi connectivity index (χ1v) is 8.99. The summed E-state index contributed by atoms with van der Waals surface area (Å²) in [6.45, 7) is 8.50. The molecule has 0 spiro atoms. The lowest BCUT2D eigenvalue weighted by Crippen LogP contribution is -2.42. The molecule has 1 aromatic heterocycles. The average Bonchev–Trinajstić information content (AvgIpc) is 2.92. The third kappa shape index (κ3) is 3.57. The lowest BCUT2D eigenvalue weighted by atomic mass is 9.80. The quantitative estimate of drug-likeness (QED) is 0.894. The molecule has 2 aliphatic rings. The van der Waals surface area contributed by atoms with Crippen molar-refractivity contribution in [2.24, 2.45) is 11.8 Å². The molecule has 23 heavy (non-hydrogen) atoms. The molecule has 0 aromatic carbocycles. The average molecular weight is 319 g/mol. The second kappa shape index (κ2) is 6.99. The highest BCUT2D eigenvalue weighted by Crippen LogP contribution is 2.29. The first-order valence-electron chi connectivity index (χ1n) is 8.99. The van der Waals surface area contributed by atoms with E-state index in [1.165, 1.54) is 12.8 Å². The van der Waals surface area contributed by atoms with Crippen molar-refractivity contribution in [1.29, 1.82) is 0 Å². The molecule has 3 atom stereocenters. The Morgan fingerprint density at radius 1 is 1.22 bits per heavy atom. The number of nitrogens with zero attached hydrogens (tertiary/aromatic N) is 3. The van der Waals surface area contributed by atoms with E-state index in [0.717, 1.165) is 44.0 Å². The van der Waals surface area contributed by atoms with Crippen LogP contribution in [0, 0.1) is 18.8 Å². The molecule has 1 aliphatic carbocycles. The van der Waals surface area contributed by atoms with E-state index in [1.807, 2.05) is 11.6 Å². The van der Waals surface area contributed by atoms with Crippen LogP contribution in [0.4, 0.5) is 0 Å². The Bertz CT molecular complexity index is 549. The first kappa shape index (κ1) is 16.4. The van der Waals surface area contributed by atoms with E-state index in [4.69, 9.17) is 0 Å². The van der Waals surface area contributed by atoms with Gasteiger partial charge in [0.15, 0.2) is 5.69 Å². The van der Waals surface area contributed by atoms with Crippen LogP contribution in [-0.4, -0.2) is 40.0 Å². The first-order chi connectivity index (χ1) is 11.1. The molecule has 0 bridgehead atoms. The molecule has 3 unspecified atom stereocenters. The third-order valence-electron chi connectivity index (χ3n) is 5.55. The number of hydrogen-bond acceptors (Lipinski definition) is 4. The van der Waals surface area contributed by atoms with Crippen LogP contribution in [0.25, 0.3) is 0 Å². The van der Waals surface area contributed by atoms with Crippen molar-refractivity contribution in [2.45, 2.75) is 65.0 Å². The SMILES string of the molecule is Cc1c(C(=O)NC2CCC(C)CC2C)nnn1C1CCNCC1. The number of aromatic nitrogens is 3. The third-order valence-corrected chi connectivity index (χ3v) is 5.55. The maximum Gasteiger partial charge on any atom is 0.273 e. The molecule has 2 fully saturated rings. The Balaban J connectivity index is 1.67. The number of amides is 1. The van der Waals surface area contributed by atoms with Crippen molar-refractivity contribution >= 4 is 5.91 Å². The van der Waals surface area contributed by atoms with Gasteiger partial charge in [-0.25, -0.2) is 4.68 Å². The fourth-order valence-electron chi connectivity index (χ4n) is 4.07. The number of hydrogen-bond donors (Lipinski definition) is 2. The summed E-state index contributed by atoms with van der Waals surface area (Å²) in [5, 5.41) is 15.0. The normalized spacial score (nSPS) is 29.4. The summed E-state index contributed by atoms with van der Waals surface area (Å²) in [5.41, 5.74) is 1.39. The number of nitrogens with one attached hydrogen (secondary N) is 2. The van der Waals surface area contributed by atoms with Crippen LogP contribution in [0.2, 0.25) is 0 Å². The second-order valence-corrected chi connectivity index (χ2v) is 7.42.